The standard InChI is InChI=1S/C52H34N3OP/c1-57(56,50-27-15-13-25-48(50)55(37-16-4-2-5-17-37)38-18-6-3-7-19-38)49-26-14-10-22-41(49)43-30-36(34-54)32-47-51(43)42-29-28-35(33-53)31-46(42)52(47)44-23-11-8-20-39(44)40-21-9-12-24-45(40)52/h2-32H,1H3. The van der Waals surface area contributed by atoms with Crippen molar-refractivity contribution in [3.05, 3.63) is 221 Å². The third-order valence-electron chi connectivity index (χ3n) is 11.7. The van der Waals surface area contributed by atoms with E-state index in [4.69, 9.17) is 0 Å². The summed E-state index contributed by atoms with van der Waals surface area (Å²) in [5.74, 6) is 0. The highest BCUT2D eigenvalue weighted by Gasteiger charge is 2.52. The minimum atomic E-state index is -3.39. The molecule has 57 heavy (non-hydrogen) atoms. The molecule has 0 saturated carbocycles. The summed E-state index contributed by atoms with van der Waals surface area (Å²) in [5, 5.41) is 22.4. The molecular formula is C52H34N3OP. The Bertz CT molecular complexity index is 2960. The second kappa shape index (κ2) is 13.2. The lowest BCUT2D eigenvalue weighted by molar-refractivity contribution is 0.590. The van der Waals surface area contributed by atoms with Gasteiger partial charge in [0, 0.05) is 22.0 Å². The van der Waals surface area contributed by atoms with Gasteiger partial charge >= 0.3 is 0 Å². The summed E-state index contributed by atoms with van der Waals surface area (Å²) < 4.78 is 16.0. The Balaban J connectivity index is 1.25. The van der Waals surface area contributed by atoms with Crippen LogP contribution in [0, 0.1) is 22.7 Å². The van der Waals surface area contributed by atoms with Gasteiger partial charge in [0.1, 0.15) is 7.14 Å². The predicted octanol–water partition coefficient (Wildman–Crippen LogP) is 11.9. The van der Waals surface area contributed by atoms with Gasteiger partial charge in [0.15, 0.2) is 0 Å². The molecule has 0 heterocycles. The molecule has 0 aromatic heterocycles. The lowest BCUT2D eigenvalue weighted by Gasteiger charge is -2.31. The Morgan fingerprint density at radius 3 is 1.58 bits per heavy atom. The first-order chi connectivity index (χ1) is 28.0. The van der Waals surface area contributed by atoms with Crippen LogP contribution >= 0.6 is 7.14 Å². The number of fused-ring (bicyclic) bond motifs is 10. The van der Waals surface area contributed by atoms with Crippen LogP contribution in [0.5, 0.6) is 0 Å². The smallest absolute Gasteiger partial charge is 0.143 e. The molecule has 8 aromatic rings. The molecule has 2 aliphatic rings. The van der Waals surface area contributed by atoms with E-state index in [2.05, 4.69) is 95.9 Å². The molecule has 0 bridgehead atoms. The Morgan fingerprint density at radius 2 is 0.965 bits per heavy atom. The van der Waals surface area contributed by atoms with Crippen molar-refractivity contribution in [1.82, 2.24) is 0 Å². The van der Waals surface area contributed by atoms with Crippen molar-refractivity contribution in [3.63, 3.8) is 0 Å². The third-order valence-corrected chi connectivity index (χ3v) is 14.3. The van der Waals surface area contributed by atoms with Gasteiger partial charge < -0.3 is 9.46 Å². The molecule has 1 spiro atoms. The monoisotopic (exact) mass is 747 g/mol. The highest BCUT2D eigenvalue weighted by Crippen LogP contribution is 2.64. The summed E-state index contributed by atoms with van der Waals surface area (Å²) in [6, 6.07) is 68.1. The summed E-state index contributed by atoms with van der Waals surface area (Å²) in [5.41, 5.74) is 13.2. The zero-order valence-corrected chi connectivity index (χ0v) is 32.0. The molecular weight excluding hydrogens is 714 g/mol. The number of benzene rings is 8. The van der Waals surface area contributed by atoms with E-state index >= 15 is 4.57 Å². The fraction of sp³-hybridized carbons (Fsp3) is 0.0385. The number of para-hydroxylation sites is 3. The van der Waals surface area contributed by atoms with Gasteiger partial charge in [-0.15, -0.1) is 0 Å². The largest absolute Gasteiger partial charge is 0.314 e. The minimum Gasteiger partial charge on any atom is -0.314 e. The lowest BCUT2D eigenvalue weighted by Crippen LogP contribution is -2.26. The van der Waals surface area contributed by atoms with Crippen molar-refractivity contribution in [2.24, 2.45) is 0 Å². The fourth-order valence-corrected chi connectivity index (χ4v) is 11.7. The van der Waals surface area contributed by atoms with Crippen molar-refractivity contribution in [2.75, 3.05) is 11.6 Å². The average molecular weight is 748 g/mol. The van der Waals surface area contributed by atoms with Gasteiger partial charge in [-0.25, -0.2) is 0 Å². The first-order valence-corrected chi connectivity index (χ1v) is 21.1. The molecule has 0 fully saturated rings. The van der Waals surface area contributed by atoms with Gasteiger partial charge in [-0.2, -0.15) is 10.5 Å². The average Bonchev–Trinajstić information content (AvgIpc) is 3.74. The normalized spacial score (nSPS) is 13.7. The maximum Gasteiger partial charge on any atom is 0.143 e. The number of hydrogen-bond donors (Lipinski definition) is 0. The highest BCUT2D eigenvalue weighted by molar-refractivity contribution is 7.78. The minimum absolute atomic E-state index is 0.513. The summed E-state index contributed by atoms with van der Waals surface area (Å²) in [6.07, 6.45) is 0. The van der Waals surface area contributed by atoms with Crippen LogP contribution in [0.25, 0.3) is 33.4 Å². The predicted molar refractivity (Wildman–Crippen MR) is 232 cm³/mol. The fourth-order valence-electron chi connectivity index (χ4n) is 9.41. The van der Waals surface area contributed by atoms with Gasteiger partial charge in [-0.1, -0.05) is 127 Å². The van der Waals surface area contributed by atoms with Crippen LogP contribution in [0.4, 0.5) is 17.1 Å². The quantitative estimate of drug-likeness (QED) is 0.159. The van der Waals surface area contributed by atoms with E-state index in [1.54, 1.807) is 0 Å². The first kappa shape index (κ1) is 34.3. The van der Waals surface area contributed by atoms with Gasteiger partial charge in [0.2, 0.25) is 0 Å². The van der Waals surface area contributed by atoms with E-state index < -0.39 is 12.6 Å². The van der Waals surface area contributed by atoms with Crippen molar-refractivity contribution in [1.29, 1.82) is 10.5 Å². The van der Waals surface area contributed by atoms with Crippen LogP contribution in [0.15, 0.2) is 188 Å². The van der Waals surface area contributed by atoms with E-state index in [9.17, 15) is 10.5 Å². The second-order valence-corrected chi connectivity index (χ2v) is 17.5. The van der Waals surface area contributed by atoms with E-state index in [1.807, 2.05) is 116 Å². The van der Waals surface area contributed by atoms with Crippen LogP contribution in [0.1, 0.15) is 33.4 Å². The summed E-state index contributed by atoms with van der Waals surface area (Å²) in [4.78, 5) is 2.17. The third kappa shape index (κ3) is 5.02. The Kier molecular flexibility index (Phi) is 7.95. The van der Waals surface area contributed by atoms with Crippen molar-refractivity contribution >= 4 is 34.8 Å². The lowest BCUT2D eigenvalue weighted by atomic mass is 9.70. The first-order valence-electron chi connectivity index (χ1n) is 19.0. The van der Waals surface area contributed by atoms with E-state index in [1.165, 1.54) is 0 Å². The summed E-state index contributed by atoms with van der Waals surface area (Å²) >= 11 is 0. The maximum absolute atomic E-state index is 16.0. The van der Waals surface area contributed by atoms with E-state index in [0.29, 0.717) is 16.4 Å². The summed E-state index contributed by atoms with van der Waals surface area (Å²) in [6.45, 7) is 1.87. The zero-order valence-electron chi connectivity index (χ0n) is 31.1. The number of rotatable bonds is 6. The van der Waals surface area contributed by atoms with Crippen molar-refractivity contribution in [3.8, 4) is 45.5 Å². The highest BCUT2D eigenvalue weighted by atomic mass is 31.2. The Morgan fingerprint density at radius 1 is 0.456 bits per heavy atom. The molecule has 0 radical (unpaired) electrons. The molecule has 2 aliphatic carbocycles. The molecule has 10 rings (SSSR count). The maximum atomic E-state index is 16.0. The van der Waals surface area contributed by atoms with Gasteiger partial charge in [0.25, 0.3) is 0 Å². The van der Waals surface area contributed by atoms with E-state index in [-0.39, 0.29) is 0 Å². The SMILES string of the molecule is CP(=O)(c1ccccc1-c1cc(C#N)cc2c1-c1ccc(C#N)cc1C21c2ccccc2-c2ccccc21)c1ccccc1N(c1ccccc1)c1ccccc1. The van der Waals surface area contributed by atoms with Crippen LogP contribution in [-0.2, 0) is 9.98 Å². The molecule has 0 amide bonds. The molecule has 4 nitrogen and oxygen atoms in total. The van der Waals surface area contributed by atoms with Gasteiger partial charge in [0.05, 0.1) is 34.4 Å². The Hall–Kier alpha value is -7.23. The molecule has 8 aromatic carbocycles. The molecule has 0 N–H and O–H groups in total. The Labute approximate surface area is 332 Å². The molecule has 1 atom stereocenters. The molecule has 0 saturated heterocycles. The van der Waals surface area contributed by atoms with Crippen LogP contribution in [0.3, 0.4) is 0 Å². The molecule has 268 valence electrons. The number of hydrogen-bond acceptors (Lipinski definition) is 4. The van der Waals surface area contributed by atoms with Crippen LogP contribution < -0.4 is 15.5 Å². The molecule has 0 aliphatic heterocycles. The van der Waals surface area contributed by atoms with Gasteiger partial charge in [-0.05, 0) is 123 Å². The molecule has 1 unspecified atom stereocenters. The van der Waals surface area contributed by atoms with Crippen molar-refractivity contribution < 1.29 is 4.57 Å². The van der Waals surface area contributed by atoms with Crippen LogP contribution in [-0.4, -0.2) is 6.66 Å². The van der Waals surface area contributed by atoms with Crippen LogP contribution in [0.2, 0.25) is 0 Å². The topological polar surface area (TPSA) is 67.9 Å². The zero-order chi connectivity index (χ0) is 38.7. The number of anilines is 3. The second-order valence-electron chi connectivity index (χ2n) is 14.7. The number of nitriles is 2. The number of nitrogens with zero attached hydrogens (tertiary/aromatic N) is 3. The van der Waals surface area contributed by atoms with Crippen molar-refractivity contribution in [2.45, 2.75) is 5.41 Å². The summed E-state index contributed by atoms with van der Waals surface area (Å²) in [7, 11) is -3.39. The molecule has 5 heteroatoms. The van der Waals surface area contributed by atoms with E-state index in [0.717, 1.165) is 78.0 Å². The van der Waals surface area contributed by atoms with Gasteiger partial charge in [-0.3, -0.25) is 0 Å².